The maximum atomic E-state index is 13.0. The number of aromatic nitrogens is 1. The highest BCUT2D eigenvalue weighted by Crippen LogP contribution is 2.28. The molecule has 2 aromatic rings. The van der Waals surface area contributed by atoms with E-state index in [9.17, 15) is 18.0 Å². The number of hydrogen-bond donors (Lipinski definition) is 1. The molecule has 1 amide bonds. The van der Waals surface area contributed by atoms with Crippen LogP contribution in [0.25, 0.3) is 0 Å². The maximum absolute atomic E-state index is 13.0. The first-order valence-electron chi connectivity index (χ1n) is 9.37. The molecule has 0 aliphatic carbocycles. The molecule has 1 saturated heterocycles. The van der Waals surface area contributed by atoms with Crippen molar-refractivity contribution >= 4 is 38.4 Å². The molecule has 0 spiro atoms. The number of carbonyl (C=O) groups excluding carboxylic acids is 2. The number of esters is 1. The summed E-state index contributed by atoms with van der Waals surface area (Å²) in [5, 5.41) is 2.93. The lowest BCUT2D eigenvalue weighted by Gasteiger charge is -2.33. The Morgan fingerprint density at radius 1 is 1.28 bits per heavy atom. The molecule has 1 fully saturated rings. The van der Waals surface area contributed by atoms with Crippen molar-refractivity contribution in [2.24, 2.45) is 0 Å². The molecule has 0 saturated carbocycles. The standard InChI is InChI=1S/C19H23N3O5S2/c1-3-27-18(24)16-13(2)20-19(28-16)21-17(23)15-11-7-8-12-22(15)29(25,26)14-9-5-4-6-10-14/h4-6,9-10,15H,3,7-8,11-12H2,1-2H3,(H,20,21,23). The van der Waals surface area contributed by atoms with Crippen LogP contribution in [0.2, 0.25) is 0 Å². The summed E-state index contributed by atoms with van der Waals surface area (Å²) in [6.07, 6.45) is 1.87. The molecule has 1 aromatic heterocycles. The third kappa shape index (κ3) is 4.65. The summed E-state index contributed by atoms with van der Waals surface area (Å²) in [6.45, 7) is 3.89. The third-order valence-electron chi connectivity index (χ3n) is 4.59. The van der Waals surface area contributed by atoms with Crippen LogP contribution in [0, 0.1) is 6.92 Å². The molecule has 1 N–H and O–H groups in total. The van der Waals surface area contributed by atoms with Crippen LogP contribution in [0.15, 0.2) is 35.2 Å². The SMILES string of the molecule is CCOC(=O)c1sc(NC(=O)C2CCCCN2S(=O)(=O)c2ccccc2)nc1C. The number of piperidine rings is 1. The van der Waals surface area contributed by atoms with E-state index in [0.717, 1.165) is 17.8 Å². The summed E-state index contributed by atoms with van der Waals surface area (Å²) in [5.74, 6) is -0.942. The number of nitrogens with one attached hydrogen (secondary N) is 1. The highest BCUT2D eigenvalue weighted by atomic mass is 32.2. The van der Waals surface area contributed by atoms with E-state index in [1.807, 2.05) is 0 Å². The molecule has 1 atom stereocenters. The molecule has 1 aromatic carbocycles. The summed E-state index contributed by atoms with van der Waals surface area (Å²) in [7, 11) is -3.79. The third-order valence-corrected chi connectivity index (χ3v) is 7.57. The predicted molar refractivity (Wildman–Crippen MR) is 109 cm³/mol. The highest BCUT2D eigenvalue weighted by Gasteiger charge is 2.38. The monoisotopic (exact) mass is 437 g/mol. The lowest BCUT2D eigenvalue weighted by molar-refractivity contribution is -0.120. The Hall–Kier alpha value is -2.30. The van der Waals surface area contributed by atoms with Crippen LogP contribution in [0.3, 0.4) is 0 Å². The number of nitrogens with zero attached hydrogens (tertiary/aromatic N) is 2. The van der Waals surface area contributed by atoms with Gasteiger partial charge in [0.15, 0.2) is 5.13 Å². The molecule has 0 bridgehead atoms. The van der Waals surface area contributed by atoms with Crippen molar-refractivity contribution < 1.29 is 22.7 Å². The van der Waals surface area contributed by atoms with E-state index >= 15 is 0 Å². The number of aryl methyl sites for hydroxylation is 1. The van der Waals surface area contributed by atoms with Gasteiger partial charge >= 0.3 is 5.97 Å². The molecule has 3 rings (SSSR count). The highest BCUT2D eigenvalue weighted by molar-refractivity contribution is 7.89. The Balaban J connectivity index is 1.80. The van der Waals surface area contributed by atoms with Gasteiger partial charge in [-0.1, -0.05) is 36.0 Å². The fourth-order valence-corrected chi connectivity index (χ4v) is 5.75. The van der Waals surface area contributed by atoms with Gasteiger partial charge in [0.25, 0.3) is 0 Å². The Labute approximate surface area is 173 Å². The molecule has 156 valence electrons. The minimum absolute atomic E-state index is 0.161. The lowest BCUT2D eigenvalue weighted by Crippen LogP contribution is -2.49. The summed E-state index contributed by atoms with van der Waals surface area (Å²) in [6, 6.07) is 7.26. The summed E-state index contributed by atoms with van der Waals surface area (Å²) in [5.41, 5.74) is 0.459. The summed E-state index contributed by atoms with van der Waals surface area (Å²) < 4.78 is 32.3. The van der Waals surface area contributed by atoms with Crippen molar-refractivity contribution in [2.75, 3.05) is 18.5 Å². The quantitative estimate of drug-likeness (QED) is 0.697. The molecular weight excluding hydrogens is 414 g/mol. The molecule has 1 aliphatic rings. The van der Waals surface area contributed by atoms with Crippen molar-refractivity contribution in [1.29, 1.82) is 0 Å². The van der Waals surface area contributed by atoms with E-state index in [1.54, 1.807) is 32.0 Å². The van der Waals surface area contributed by atoms with Crippen LogP contribution >= 0.6 is 11.3 Å². The van der Waals surface area contributed by atoms with Gasteiger partial charge in [-0.25, -0.2) is 18.2 Å². The fourth-order valence-electron chi connectivity index (χ4n) is 3.21. The van der Waals surface area contributed by atoms with Crippen LogP contribution in [0.5, 0.6) is 0 Å². The zero-order valence-corrected chi connectivity index (χ0v) is 17.9. The average molecular weight is 438 g/mol. The van der Waals surface area contributed by atoms with Crippen molar-refractivity contribution in [2.45, 2.75) is 44.0 Å². The predicted octanol–water partition coefficient (Wildman–Crippen LogP) is 2.81. The Morgan fingerprint density at radius 2 is 2.00 bits per heavy atom. The Morgan fingerprint density at radius 3 is 2.69 bits per heavy atom. The van der Waals surface area contributed by atoms with Crippen LogP contribution in [-0.2, 0) is 19.6 Å². The molecule has 2 heterocycles. The van der Waals surface area contributed by atoms with Gasteiger partial charge in [0.1, 0.15) is 10.9 Å². The molecular formula is C19H23N3O5S2. The second-order valence-corrected chi connectivity index (χ2v) is 9.47. The molecule has 29 heavy (non-hydrogen) atoms. The zero-order chi connectivity index (χ0) is 21.0. The van der Waals surface area contributed by atoms with Crippen LogP contribution in [-0.4, -0.2) is 48.8 Å². The lowest BCUT2D eigenvalue weighted by atomic mass is 10.0. The van der Waals surface area contributed by atoms with E-state index in [-0.39, 0.29) is 23.2 Å². The number of hydrogen-bond acceptors (Lipinski definition) is 7. The van der Waals surface area contributed by atoms with Gasteiger partial charge in [0.05, 0.1) is 17.2 Å². The van der Waals surface area contributed by atoms with Crippen molar-refractivity contribution in [3.8, 4) is 0 Å². The Bertz CT molecular complexity index is 989. The molecule has 10 heteroatoms. The van der Waals surface area contributed by atoms with E-state index in [0.29, 0.717) is 23.4 Å². The normalized spacial score (nSPS) is 17.7. The first kappa shape index (κ1) is 21.4. The maximum Gasteiger partial charge on any atom is 0.350 e. The van der Waals surface area contributed by atoms with E-state index < -0.39 is 27.9 Å². The van der Waals surface area contributed by atoms with Crippen molar-refractivity contribution in [1.82, 2.24) is 9.29 Å². The minimum atomic E-state index is -3.79. The van der Waals surface area contributed by atoms with E-state index in [1.165, 1.54) is 16.4 Å². The van der Waals surface area contributed by atoms with Gasteiger partial charge in [0, 0.05) is 6.54 Å². The number of amides is 1. The number of rotatable bonds is 6. The second-order valence-electron chi connectivity index (χ2n) is 6.58. The van der Waals surface area contributed by atoms with Crippen molar-refractivity contribution in [3.05, 3.63) is 40.9 Å². The molecule has 1 aliphatic heterocycles. The number of anilines is 1. The number of sulfonamides is 1. The largest absolute Gasteiger partial charge is 0.462 e. The van der Waals surface area contributed by atoms with Gasteiger partial charge in [0.2, 0.25) is 15.9 Å². The number of carbonyl (C=O) groups is 2. The summed E-state index contributed by atoms with van der Waals surface area (Å²) >= 11 is 1.02. The second kappa shape index (κ2) is 9.02. The van der Waals surface area contributed by atoms with Gasteiger partial charge in [-0.05, 0) is 38.8 Å². The van der Waals surface area contributed by atoms with Crippen LogP contribution in [0.1, 0.15) is 41.6 Å². The summed E-state index contributed by atoms with van der Waals surface area (Å²) in [4.78, 5) is 29.6. The first-order chi connectivity index (χ1) is 13.8. The van der Waals surface area contributed by atoms with E-state index in [4.69, 9.17) is 4.74 Å². The fraction of sp³-hybridized carbons (Fsp3) is 0.421. The molecule has 8 nitrogen and oxygen atoms in total. The first-order valence-corrected chi connectivity index (χ1v) is 11.6. The van der Waals surface area contributed by atoms with Gasteiger partial charge in [-0.3, -0.25) is 4.79 Å². The number of thiazole rings is 1. The molecule has 1 unspecified atom stereocenters. The Kier molecular flexibility index (Phi) is 6.66. The average Bonchev–Trinajstić information content (AvgIpc) is 3.09. The smallest absolute Gasteiger partial charge is 0.350 e. The van der Waals surface area contributed by atoms with Crippen LogP contribution in [0.4, 0.5) is 5.13 Å². The topological polar surface area (TPSA) is 106 Å². The van der Waals surface area contributed by atoms with E-state index in [2.05, 4.69) is 10.3 Å². The van der Waals surface area contributed by atoms with Gasteiger partial charge in [-0.15, -0.1) is 0 Å². The minimum Gasteiger partial charge on any atom is -0.462 e. The van der Waals surface area contributed by atoms with Gasteiger partial charge < -0.3 is 10.1 Å². The molecule has 0 radical (unpaired) electrons. The zero-order valence-electron chi connectivity index (χ0n) is 16.3. The number of ether oxygens (including phenoxy) is 1. The number of benzene rings is 1. The van der Waals surface area contributed by atoms with Gasteiger partial charge in [-0.2, -0.15) is 4.31 Å². The van der Waals surface area contributed by atoms with Crippen LogP contribution < -0.4 is 5.32 Å². The van der Waals surface area contributed by atoms with Crippen molar-refractivity contribution in [3.63, 3.8) is 0 Å².